The summed E-state index contributed by atoms with van der Waals surface area (Å²) in [6, 6.07) is 23.0. The van der Waals surface area contributed by atoms with E-state index in [0.29, 0.717) is 49.2 Å². The summed E-state index contributed by atoms with van der Waals surface area (Å²) in [6.07, 6.45) is 8.71. The largest absolute Gasteiger partial charge is 0.494 e. The van der Waals surface area contributed by atoms with Crippen molar-refractivity contribution >= 4 is 29.9 Å². The van der Waals surface area contributed by atoms with Gasteiger partial charge in [0.25, 0.3) is 5.91 Å². The highest BCUT2D eigenvalue weighted by Crippen LogP contribution is 2.29. The second kappa shape index (κ2) is 21.0. The number of unbranched alkanes of at least 4 members (excludes halogenated alkanes) is 2. The predicted molar refractivity (Wildman–Crippen MR) is 191 cm³/mol. The maximum Gasteiger partial charge on any atom is 0.306 e. The zero-order valence-electron chi connectivity index (χ0n) is 28.9. The molecule has 0 spiro atoms. The molecule has 12 nitrogen and oxygen atoms in total. The first-order valence-corrected chi connectivity index (χ1v) is 17.1. The molecule has 0 fully saturated rings. The number of benzene rings is 3. The van der Waals surface area contributed by atoms with Gasteiger partial charge in [0.15, 0.2) is 0 Å². The van der Waals surface area contributed by atoms with Crippen LogP contribution in [0.25, 0.3) is 0 Å². The summed E-state index contributed by atoms with van der Waals surface area (Å²) >= 11 is 0. The third kappa shape index (κ3) is 12.8. The molecule has 2 atom stereocenters. The van der Waals surface area contributed by atoms with E-state index in [4.69, 9.17) is 19.4 Å². The van der Waals surface area contributed by atoms with Crippen molar-refractivity contribution in [3.63, 3.8) is 0 Å². The molecule has 3 aromatic carbocycles. The lowest BCUT2D eigenvalue weighted by atomic mass is 9.99. The second-order valence-electron chi connectivity index (χ2n) is 12.1. The molecule has 1 aliphatic heterocycles. The number of ether oxygens (including phenoxy) is 3. The maximum atomic E-state index is 13.8. The maximum absolute atomic E-state index is 13.8. The first-order valence-electron chi connectivity index (χ1n) is 17.1. The number of allylic oxidation sites excluding steroid dienone is 2. The number of hydrogen-bond donors (Lipinski definition) is 3. The van der Waals surface area contributed by atoms with Crippen LogP contribution in [0.4, 0.5) is 0 Å². The van der Waals surface area contributed by atoms with Gasteiger partial charge in [-0.05, 0) is 79.1 Å². The zero-order valence-corrected chi connectivity index (χ0v) is 28.9. The lowest BCUT2D eigenvalue weighted by Gasteiger charge is -2.37. The minimum Gasteiger partial charge on any atom is -0.494 e. The number of esters is 1. The molecule has 270 valence electrons. The van der Waals surface area contributed by atoms with E-state index in [1.165, 1.54) is 6.21 Å². The van der Waals surface area contributed by atoms with Crippen LogP contribution in [0.2, 0.25) is 0 Å². The topological polar surface area (TPSA) is 156 Å². The van der Waals surface area contributed by atoms with Crippen molar-refractivity contribution in [1.29, 1.82) is 0 Å². The lowest BCUT2D eigenvalue weighted by Crippen LogP contribution is -2.47. The molecule has 0 aliphatic carbocycles. The third-order valence-corrected chi connectivity index (χ3v) is 8.24. The Bertz CT molecular complexity index is 1630. The number of rotatable bonds is 15. The molecular weight excluding hydrogens is 652 g/mol. The number of methoxy groups -OCH3 is 1. The molecule has 3 N–H and O–H groups in total. The highest BCUT2D eigenvalue weighted by Gasteiger charge is 2.35. The predicted octanol–water partition coefficient (Wildman–Crippen LogP) is 5.65. The fourth-order valence-corrected chi connectivity index (χ4v) is 5.61. The van der Waals surface area contributed by atoms with Crippen molar-refractivity contribution < 1.29 is 38.6 Å². The van der Waals surface area contributed by atoms with Crippen LogP contribution in [-0.2, 0) is 30.4 Å². The van der Waals surface area contributed by atoms with Crippen molar-refractivity contribution in [3.05, 3.63) is 113 Å². The molecule has 0 saturated heterocycles. The number of amides is 3. The van der Waals surface area contributed by atoms with E-state index in [1.807, 2.05) is 66.7 Å². The van der Waals surface area contributed by atoms with Crippen molar-refractivity contribution in [1.82, 2.24) is 15.8 Å². The number of cyclic esters (lactones) is 1. The standard InChI is InChI=1S/C39H46N4O8/c1-49-28-34-38(31-15-6-4-7-16-31)51-37(46)19-10-3-2-9-18-36(45)43(34)27-30-14-12-13-29(25-30)26-40-41-39(47)32-20-22-33(23-21-32)50-24-11-5-8-17-35(44)42-48/h2-4,6-7,12-16,20-23,25-26,34,38,48H,5,8-11,17-19,24,27-28H2,1H3,(H,41,47)(H,42,44)/b3-2+,40-26+/t34-,38-/m0/s1. The molecule has 12 heteroatoms. The van der Waals surface area contributed by atoms with Crippen LogP contribution in [0.1, 0.15) is 84.5 Å². The van der Waals surface area contributed by atoms with E-state index in [1.54, 1.807) is 41.8 Å². The Morgan fingerprint density at radius 2 is 1.73 bits per heavy atom. The number of hydrogen-bond acceptors (Lipinski definition) is 9. The SMILES string of the molecule is COC[C@H]1[C@H](c2ccccc2)OC(=O)CC/C=C/CCC(=O)N1Cc1cccc(/C=N/NC(=O)c2ccc(OCCCCCC(=O)NO)cc2)c1. The molecule has 0 aromatic heterocycles. The van der Waals surface area contributed by atoms with Crippen molar-refractivity contribution in [3.8, 4) is 5.75 Å². The molecule has 51 heavy (non-hydrogen) atoms. The van der Waals surface area contributed by atoms with Crippen molar-refractivity contribution in [2.45, 2.75) is 70.1 Å². The summed E-state index contributed by atoms with van der Waals surface area (Å²) in [7, 11) is 1.56. The molecule has 4 rings (SSSR count). The summed E-state index contributed by atoms with van der Waals surface area (Å²) in [4.78, 5) is 52.2. The van der Waals surface area contributed by atoms with E-state index in [-0.39, 0.29) is 43.8 Å². The number of carbonyl (C=O) groups is 4. The molecule has 0 unspecified atom stereocenters. The summed E-state index contributed by atoms with van der Waals surface area (Å²) in [5, 5.41) is 12.7. The van der Waals surface area contributed by atoms with Gasteiger partial charge in [-0.15, -0.1) is 0 Å². The summed E-state index contributed by atoms with van der Waals surface area (Å²) in [6.45, 7) is 0.857. The molecule has 3 amide bonds. The van der Waals surface area contributed by atoms with Crippen LogP contribution >= 0.6 is 0 Å². The Balaban J connectivity index is 1.40. The normalized spacial score (nSPS) is 17.6. The van der Waals surface area contributed by atoms with E-state index in [9.17, 15) is 19.2 Å². The second-order valence-corrected chi connectivity index (χ2v) is 12.1. The Kier molecular flexibility index (Phi) is 15.9. The Morgan fingerprint density at radius 3 is 2.47 bits per heavy atom. The van der Waals surface area contributed by atoms with Gasteiger partial charge in [-0.3, -0.25) is 24.4 Å². The van der Waals surface area contributed by atoms with Crippen LogP contribution < -0.4 is 15.6 Å². The number of nitrogens with one attached hydrogen (secondary N) is 2. The third-order valence-electron chi connectivity index (χ3n) is 8.24. The minimum atomic E-state index is -0.731. The van der Waals surface area contributed by atoms with Crippen LogP contribution in [0, 0.1) is 0 Å². The lowest BCUT2D eigenvalue weighted by molar-refractivity contribution is -0.159. The minimum absolute atomic E-state index is 0.0910. The zero-order chi connectivity index (χ0) is 36.3. The molecule has 1 aliphatic rings. The van der Waals surface area contributed by atoms with Gasteiger partial charge in [0.1, 0.15) is 11.9 Å². The summed E-state index contributed by atoms with van der Waals surface area (Å²) in [5.74, 6) is -0.611. The van der Waals surface area contributed by atoms with Crippen molar-refractivity contribution in [2.75, 3.05) is 20.3 Å². The highest BCUT2D eigenvalue weighted by atomic mass is 16.5. The van der Waals surface area contributed by atoms with E-state index in [2.05, 4.69) is 10.5 Å². The van der Waals surface area contributed by atoms with Gasteiger partial charge in [0.2, 0.25) is 11.8 Å². The van der Waals surface area contributed by atoms with Gasteiger partial charge >= 0.3 is 5.97 Å². The Morgan fingerprint density at radius 1 is 0.961 bits per heavy atom. The average molecular weight is 699 g/mol. The van der Waals surface area contributed by atoms with E-state index in [0.717, 1.165) is 24.0 Å². The van der Waals surface area contributed by atoms with Gasteiger partial charge in [-0.25, -0.2) is 10.9 Å². The van der Waals surface area contributed by atoms with Gasteiger partial charge in [0.05, 0.1) is 25.5 Å². The number of carbonyl (C=O) groups excluding carboxylic acids is 4. The smallest absolute Gasteiger partial charge is 0.306 e. The van der Waals surface area contributed by atoms with Gasteiger partial charge in [-0.1, -0.05) is 60.7 Å². The Labute approximate surface area is 298 Å². The number of hydroxylamine groups is 1. The van der Waals surface area contributed by atoms with Gasteiger partial charge in [-0.2, -0.15) is 5.10 Å². The fourth-order valence-electron chi connectivity index (χ4n) is 5.61. The first-order chi connectivity index (χ1) is 24.9. The van der Waals surface area contributed by atoms with Crippen LogP contribution in [0.5, 0.6) is 5.75 Å². The van der Waals surface area contributed by atoms with Crippen molar-refractivity contribution in [2.24, 2.45) is 5.10 Å². The average Bonchev–Trinajstić information content (AvgIpc) is 3.15. The van der Waals surface area contributed by atoms with E-state index < -0.39 is 18.1 Å². The van der Waals surface area contributed by atoms with Crippen LogP contribution in [0.3, 0.4) is 0 Å². The molecule has 3 aromatic rings. The first kappa shape index (κ1) is 38.5. The molecule has 1 heterocycles. The Hall–Kier alpha value is -5.33. The fraction of sp³-hybridized carbons (Fsp3) is 0.359. The molecule has 0 saturated carbocycles. The van der Waals surface area contributed by atoms with Gasteiger partial charge < -0.3 is 19.1 Å². The molecule has 0 bridgehead atoms. The summed E-state index contributed by atoms with van der Waals surface area (Å²) < 4.78 is 17.4. The molecular formula is C39H46N4O8. The van der Waals surface area contributed by atoms with Crippen LogP contribution in [0.15, 0.2) is 96.1 Å². The highest BCUT2D eigenvalue weighted by molar-refractivity contribution is 5.95. The molecule has 0 radical (unpaired) electrons. The monoisotopic (exact) mass is 698 g/mol. The summed E-state index contributed by atoms with van der Waals surface area (Å²) in [5.41, 5.74) is 6.89. The van der Waals surface area contributed by atoms with Crippen LogP contribution in [-0.4, -0.2) is 66.4 Å². The quantitative estimate of drug-likeness (QED) is 0.0459. The number of nitrogens with zero attached hydrogens (tertiary/aromatic N) is 2. The number of hydrazone groups is 1. The van der Waals surface area contributed by atoms with Gasteiger partial charge in [0, 0.05) is 38.5 Å². The van der Waals surface area contributed by atoms with E-state index >= 15 is 0 Å².